The summed E-state index contributed by atoms with van der Waals surface area (Å²) in [6.45, 7) is 3.52. The molecule has 5 nitrogen and oxygen atoms in total. The van der Waals surface area contributed by atoms with E-state index in [9.17, 15) is 14.0 Å². The van der Waals surface area contributed by atoms with Crippen molar-refractivity contribution in [3.8, 4) is 0 Å². The van der Waals surface area contributed by atoms with E-state index in [0.29, 0.717) is 29.5 Å². The largest absolute Gasteiger partial charge is 0.329 e. The quantitative estimate of drug-likeness (QED) is 0.724. The van der Waals surface area contributed by atoms with E-state index in [2.05, 4.69) is 45.2 Å². The number of nitrogens with zero attached hydrogens (tertiary/aromatic N) is 2. The molecule has 0 aliphatic carbocycles. The molecule has 0 bridgehead atoms. The fraction of sp³-hybridized carbons (Fsp3) is 0.333. The van der Waals surface area contributed by atoms with Gasteiger partial charge >= 0.3 is 6.03 Å². The van der Waals surface area contributed by atoms with E-state index in [0.717, 1.165) is 6.54 Å². The SMILES string of the molecule is C[C@H]1C[C@]2(CCN1Cc1ccccc1)C(=O)NC(=O)N2c1cc(F)ccc1Br. The van der Waals surface area contributed by atoms with E-state index < -0.39 is 17.4 Å². The molecule has 28 heavy (non-hydrogen) atoms. The Labute approximate surface area is 171 Å². The van der Waals surface area contributed by atoms with Crippen LogP contribution >= 0.6 is 15.9 Å². The van der Waals surface area contributed by atoms with E-state index in [1.165, 1.54) is 22.6 Å². The molecule has 2 aromatic rings. The van der Waals surface area contributed by atoms with Gasteiger partial charge in [0.05, 0.1) is 5.69 Å². The minimum absolute atomic E-state index is 0.0837. The van der Waals surface area contributed by atoms with Crippen molar-refractivity contribution in [2.75, 3.05) is 11.4 Å². The third kappa shape index (κ3) is 3.22. The summed E-state index contributed by atoms with van der Waals surface area (Å²) in [7, 11) is 0. The number of urea groups is 1. The second kappa shape index (κ2) is 7.29. The predicted molar refractivity (Wildman–Crippen MR) is 108 cm³/mol. The number of anilines is 1. The Bertz CT molecular complexity index is 923. The van der Waals surface area contributed by atoms with E-state index in [1.54, 1.807) is 6.07 Å². The lowest BCUT2D eigenvalue weighted by molar-refractivity contribution is -0.125. The number of likely N-dealkylation sites (tertiary alicyclic amines) is 1. The summed E-state index contributed by atoms with van der Waals surface area (Å²) in [5.74, 6) is -0.755. The zero-order chi connectivity index (χ0) is 19.9. The number of rotatable bonds is 3. The summed E-state index contributed by atoms with van der Waals surface area (Å²) in [5.41, 5.74) is 0.592. The van der Waals surface area contributed by atoms with Gasteiger partial charge in [0, 0.05) is 23.6 Å². The maximum Gasteiger partial charge on any atom is 0.329 e. The maximum absolute atomic E-state index is 13.9. The molecule has 2 heterocycles. The Morgan fingerprint density at radius 3 is 2.68 bits per heavy atom. The Morgan fingerprint density at radius 1 is 1.21 bits per heavy atom. The number of halogens is 2. The van der Waals surface area contributed by atoms with Crippen LogP contribution in [0.3, 0.4) is 0 Å². The van der Waals surface area contributed by atoms with E-state index in [-0.39, 0.29) is 11.9 Å². The van der Waals surface area contributed by atoms with Crippen LogP contribution in [0.15, 0.2) is 53.0 Å². The van der Waals surface area contributed by atoms with Crippen molar-refractivity contribution < 1.29 is 14.0 Å². The molecule has 2 aliphatic rings. The number of carbonyl (C=O) groups is 2. The third-order valence-electron chi connectivity index (χ3n) is 5.72. The summed E-state index contributed by atoms with van der Waals surface area (Å²) in [6, 6.07) is 13.9. The molecule has 3 amide bonds. The first-order valence-corrected chi connectivity index (χ1v) is 10.1. The molecule has 0 radical (unpaired) electrons. The number of hydrogen-bond donors (Lipinski definition) is 1. The van der Waals surface area contributed by atoms with Crippen LogP contribution in [0.5, 0.6) is 0 Å². The molecule has 2 aromatic carbocycles. The van der Waals surface area contributed by atoms with E-state index in [4.69, 9.17) is 0 Å². The number of benzene rings is 2. The molecular weight excluding hydrogens is 425 g/mol. The number of piperidine rings is 1. The van der Waals surface area contributed by atoms with Crippen molar-refractivity contribution in [3.05, 3.63) is 64.4 Å². The zero-order valence-corrected chi connectivity index (χ0v) is 17.1. The summed E-state index contributed by atoms with van der Waals surface area (Å²) < 4.78 is 14.5. The Hall–Kier alpha value is -2.25. The minimum atomic E-state index is -1.000. The topological polar surface area (TPSA) is 52.7 Å². The van der Waals surface area contributed by atoms with Crippen LogP contribution in [0.2, 0.25) is 0 Å². The van der Waals surface area contributed by atoms with Gasteiger partial charge in [0.1, 0.15) is 11.4 Å². The first-order chi connectivity index (χ1) is 13.4. The molecule has 2 aliphatic heterocycles. The van der Waals surface area contributed by atoms with Crippen LogP contribution < -0.4 is 10.2 Å². The van der Waals surface area contributed by atoms with Crippen LogP contribution in [0.25, 0.3) is 0 Å². The van der Waals surface area contributed by atoms with Crippen LogP contribution in [-0.2, 0) is 11.3 Å². The number of imide groups is 1. The highest BCUT2D eigenvalue weighted by atomic mass is 79.9. The van der Waals surface area contributed by atoms with Gasteiger partial charge in [-0.15, -0.1) is 0 Å². The monoisotopic (exact) mass is 445 g/mol. The zero-order valence-electron chi connectivity index (χ0n) is 15.5. The standard InChI is InChI=1S/C21H21BrFN3O2/c1-14-12-21(9-10-25(14)13-15-5-3-2-4-6-15)19(27)24-20(28)26(21)18-11-16(23)7-8-17(18)22/h2-8,11,14H,9-10,12-13H2,1H3,(H,24,27,28)/t14-,21+/m0/s1. The molecule has 2 fully saturated rings. The Morgan fingerprint density at radius 2 is 1.96 bits per heavy atom. The lowest BCUT2D eigenvalue weighted by Crippen LogP contribution is -2.59. The average Bonchev–Trinajstić information content (AvgIpc) is 2.90. The van der Waals surface area contributed by atoms with Crippen molar-refractivity contribution in [2.24, 2.45) is 0 Å². The van der Waals surface area contributed by atoms with E-state index in [1.807, 2.05) is 18.2 Å². The van der Waals surface area contributed by atoms with Crippen LogP contribution in [0, 0.1) is 5.82 Å². The summed E-state index contributed by atoms with van der Waals surface area (Å²) in [4.78, 5) is 29.2. The number of amides is 3. The van der Waals surface area contributed by atoms with Gasteiger partial charge < -0.3 is 0 Å². The van der Waals surface area contributed by atoms with Crippen LogP contribution in [0.1, 0.15) is 25.3 Å². The van der Waals surface area contributed by atoms with Gasteiger partial charge in [-0.05, 0) is 59.5 Å². The summed E-state index contributed by atoms with van der Waals surface area (Å²) in [6.07, 6.45) is 0.977. The van der Waals surface area contributed by atoms with Gasteiger partial charge in [0.15, 0.2) is 0 Å². The fourth-order valence-corrected chi connectivity index (χ4v) is 4.72. The average molecular weight is 446 g/mol. The molecule has 0 aromatic heterocycles. The molecule has 2 saturated heterocycles. The normalized spacial score (nSPS) is 25.4. The fourth-order valence-electron chi connectivity index (χ4n) is 4.29. The number of hydrogen-bond acceptors (Lipinski definition) is 3. The van der Waals surface area contributed by atoms with E-state index >= 15 is 0 Å². The van der Waals surface area contributed by atoms with Gasteiger partial charge in [-0.2, -0.15) is 0 Å². The third-order valence-corrected chi connectivity index (χ3v) is 6.39. The van der Waals surface area contributed by atoms with Gasteiger partial charge in [-0.3, -0.25) is 19.9 Å². The highest BCUT2D eigenvalue weighted by molar-refractivity contribution is 9.10. The molecule has 2 atom stereocenters. The molecule has 1 spiro atoms. The molecule has 1 N–H and O–H groups in total. The van der Waals surface area contributed by atoms with Crippen molar-refractivity contribution >= 4 is 33.6 Å². The highest BCUT2D eigenvalue weighted by Gasteiger charge is 2.56. The molecule has 7 heteroatoms. The van der Waals surface area contributed by atoms with Crippen LogP contribution in [-0.4, -0.2) is 35.0 Å². The van der Waals surface area contributed by atoms with Crippen molar-refractivity contribution in [1.29, 1.82) is 0 Å². The molecule has 0 unspecified atom stereocenters. The Kier molecular flexibility index (Phi) is 4.97. The first-order valence-electron chi connectivity index (χ1n) is 9.29. The molecular formula is C21H21BrFN3O2. The minimum Gasteiger partial charge on any atom is -0.296 e. The second-order valence-electron chi connectivity index (χ2n) is 7.48. The van der Waals surface area contributed by atoms with Gasteiger partial charge in [-0.25, -0.2) is 9.18 Å². The molecule has 0 saturated carbocycles. The van der Waals surface area contributed by atoms with Crippen molar-refractivity contribution in [3.63, 3.8) is 0 Å². The van der Waals surface area contributed by atoms with Crippen molar-refractivity contribution in [1.82, 2.24) is 10.2 Å². The predicted octanol–water partition coefficient (Wildman–Crippen LogP) is 4.07. The maximum atomic E-state index is 13.9. The van der Waals surface area contributed by atoms with Crippen molar-refractivity contribution in [2.45, 2.75) is 37.9 Å². The highest BCUT2D eigenvalue weighted by Crippen LogP contribution is 2.42. The smallest absolute Gasteiger partial charge is 0.296 e. The summed E-state index contributed by atoms with van der Waals surface area (Å²) in [5, 5.41) is 2.44. The van der Waals surface area contributed by atoms with Gasteiger partial charge in [-0.1, -0.05) is 30.3 Å². The summed E-state index contributed by atoms with van der Waals surface area (Å²) >= 11 is 3.40. The van der Waals surface area contributed by atoms with Gasteiger partial charge in [0.2, 0.25) is 0 Å². The molecule has 146 valence electrons. The molecule has 4 rings (SSSR count). The number of nitrogens with one attached hydrogen (secondary N) is 1. The van der Waals surface area contributed by atoms with Crippen LogP contribution in [0.4, 0.5) is 14.9 Å². The van der Waals surface area contributed by atoms with Gasteiger partial charge in [0.25, 0.3) is 5.91 Å². The number of carbonyl (C=O) groups excluding carboxylic acids is 2. The second-order valence-corrected chi connectivity index (χ2v) is 8.34. The lowest BCUT2D eigenvalue weighted by atomic mass is 9.81. The Balaban J connectivity index is 1.63. The first kappa shape index (κ1) is 19.1. The lowest BCUT2D eigenvalue weighted by Gasteiger charge is -2.45.